The molecule has 2 aliphatic heterocycles. The normalized spacial score (nSPS) is 24.6. The van der Waals surface area contributed by atoms with Crippen molar-refractivity contribution in [2.75, 3.05) is 32.7 Å². The third kappa shape index (κ3) is 4.02. The van der Waals surface area contributed by atoms with Crippen molar-refractivity contribution in [3.8, 4) is 0 Å². The molecule has 6 nitrogen and oxygen atoms in total. The van der Waals surface area contributed by atoms with Crippen LogP contribution >= 0.6 is 0 Å². The highest BCUT2D eigenvalue weighted by Crippen LogP contribution is 2.11. The molecule has 2 amide bonds. The van der Waals surface area contributed by atoms with Crippen LogP contribution in [0.15, 0.2) is 0 Å². The molecule has 0 radical (unpaired) electrons. The largest absolute Gasteiger partial charge is 0.352 e. The maximum absolute atomic E-state index is 12.1. The number of likely N-dealkylation sites (tertiary alicyclic amines) is 2. The lowest BCUT2D eigenvalue weighted by Crippen LogP contribution is -2.44. The second-order valence-electron chi connectivity index (χ2n) is 5.34. The molecule has 0 aliphatic carbocycles. The van der Waals surface area contributed by atoms with Crippen molar-refractivity contribution in [1.29, 1.82) is 0 Å². The number of nitrogens with zero attached hydrogens (tertiary/aromatic N) is 2. The van der Waals surface area contributed by atoms with Gasteiger partial charge in [0.15, 0.2) is 0 Å². The SMILES string of the molecule is CC(=O)NC1CCN(CC(=O)N2CCC(=O)CC2)C1. The molecule has 6 heteroatoms. The van der Waals surface area contributed by atoms with Crippen LogP contribution in [0.2, 0.25) is 0 Å². The highest BCUT2D eigenvalue weighted by molar-refractivity contribution is 5.84. The zero-order valence-electron chi connectivity index (χ0n) is 11.4. The first kappa shape index (κ1) is 14.0. The summed E-state index contributed by atoms with van der Waals surface area (Å²) >= 11 is 0. The molecule has 106 valence electrons. The molecule has 0 aromatic rings. The summed E-state index contributed by atoms with van der Waals surface area (Å²) in [6, 6.07) is 0.160. The van der Waals surface area contributed by atoms with Crippen LogP contribution in [0.1, 0.15) is 26.2 Å². The third-order valence-corrected chi connectivity index (χ3v) is 3.71. The fourth-order valence-electron chi connectivity index (χ4n) is 2.68. The fraction of sp³-hybridized carbons (Fsp3) is 0.769. The quantitative estimate of drug-likeness (QED) is 0.740. The summed E-state index contributed by atoms with van der Waals surface area (Å²) in [4.78, 5) is 38.0. The molecule has 0 aromatic heterocycles. The van der Waals surface area contributed by atoms with Gasteiger partial charge < -0.3 is 10.2 Å². The van der Waals surface area contributed by atoms with Gasteiger partial charge in [-0.3, -0.25) is 19.3 Å². The number of hydrogen-bond donors (Lipinski definition) is 1. The molecule has 0 bridgehead atoms. The van der Waals surface area contributed by atoms with Gasteiger partial charge in [-0.25, -0.2) is 0 Å². The van der Waals surface area contributed by atoms with Gasteiger partial charge in [0.05, 0.1) is 6.54 Å². The Morgan fingerprint density at radius 1 is 1.26 bits per heavy atom. The Balaban J connectivity index is 1.74. The van der Waals surface area contributed by atoms with Crippen molar-refractivity contribution in [3.63, 3.8) is 0 Å². The average Bonchev–Trinajstić information content (AvgIpc) is 2.76. The predicted octanol–water partition coefficient (Wildman–Crippen LogP) is -0.612. The molecule has 2 rings (SSSR count). The Morgan fingerprint density at radius 2 is 1.95 bits per heavy atom. The highest BCUT2D eigenvalue weighted by atomic mass is 16.2. The summed E-state index contributed by atoms with van der Waals surface area (Å²) in [7, 11) is 0. The molecular formula is C13H21N3O3. The second-order valence-corrected chi connectivity index (χ2v) is 5.34. The lowest BCUT2D eigenvalue weighted by atomic mass is 10.1. The van der Waals surface area contributed by atoms with E-state index in [9.17, 15) is 14.4 Å². The number of rotatable bonds is 3. The maximum Gasteiger partial charge on any atom is 0.236 e. The number of hydrogen-bond acceptors (Lipinski definition) is 4. The molecular weight excluding hydrogens is 246 g/mol. The Kier molecular flexibility index (Phi) is 4.52. The van der Waals surface area contributed by atoms with Crippen LogP contribution in [0.5, 0.6) is 0 Å². The van der Waals surface area contributed by atoms with Crippen LogP contribution < -0.4 is 5.32 Å². The van der Waals surface area contributed by atoms with Gasteiger partial charge >= 0.3 is 0 Å². The van der Waals surface area contributed by atoms with Crippen molar-refractivity contribution in [2.24, 2.45) is 0 Å². The number of carbonyl (C=O) groups excluding carboxylic acids is 3. The number of Topliss-reactive ketones (excluding diaryl/α,β-unsaturated/α-hetero) is 1. The Labute approximate surface area is 113 Å². The van der Waals surface area contributed by atoms with E-state index in [-0.39, 0.29) is 23.6 Å². The van der Waals surface area contributed by atoms with Crippen LogP contribution in [0.25, 0.3) is 0 Å². The number of ketones is 1. The van der Waals surface area contributed by atoms with Crippen molar-refractivity contribution in [1.82, 2.24) is 15.1 Å². The van der Waals surface area contributed by atoms with E-state index in [1.807, 2.05) is 0 Å². The first-order valence-electron chi connectivity index (χ1n) is 6.83. The molecule has 2 heterocycles. The number of carbonyl (C=O) groups is 3. The number of amides is 2. The minimum atomic E-state index is -0.0206. The Hall–Kier alpha value is -1.43. The minimum absolute atomic E-state index is 0.0206. The Bertz CT molecular complexity index is 373. The molecule has 19 heavy (non-hydrogen) atoms. The van der Waals surface area contributed by atoms with E-state index >= 15 is 0 Å². The van der Waals surface area contributed by atoms with E-state index < -0.39 is 0 Å². The van der Waals surface area contributed by atoms with E-state index in [0.717, 1.165) is 19.5 Å². The van der Waals surface area contributed by atoms with E-state index in [2.05, 4.69) is 10.2 Å². The minimum Gasteiger partial charge on any atom is -0.352 e. The summed E-state index contributed by atoms with van der Waals surface area (Å²) in [6.45, 7) is 4.59. The van der Waals surface area contributed by atoms with Crippen LogP contribution in [0.4, 0.5) is 0 Å². The van der Waals surface area contributed by atoms with Gasteiger partial charge in [0.2, 0.25) is 11.8 Å². The topological polar surface area (TPSA) is 69.7 Å². The first-order valence-corrected chi connectivity index (χ1v) is 6.83. The second kappa shape index (κ2) is 6.14. The zero-order chi connectivity index (χ0) is 13.8. The summed E-state index contributed by atoms with van der Waals surface area (Å²) in [6.07, 6.45) is 1.87. The van der Waals surface area contributed by atoms with E-state index in [1.54, 1.807) is 4.90 Å². The smallest absolute Gasteiger partial charge is 0.236 e. The van der Waals surface area contributed by atoms with Gasteiger partial charge in [-0.1, -0.05) is 0 Å². The van der Waals surface area contributed by atoms with Gasteiger partial charge in [-0.15, -0.1) is 0 Å². The number of piperidine rings is 1. The molecule has 2 fully saturated rings. The summed E-state index contributed by atoms with van der Waals surface area (Å²) in [5.41, 5.74) is 0. The van der Waals surface area contributed by atoms with Gasteiger partial charge in [0.25, 0.3) is 0 Å². The van der Waals surface area contributed by atoms with Crippen LogP contribution in [0.3, 0.4) is 0 Å². The van der Waals surface area contributed by atoms with E-state index in [1.165, 1.54) is 6.92 Å². The molecule has 2 saturated heterocycles. The van der Waals surface area contributed by atoms with Crippen molar-refractivity contribution in [2.45, 2.75) is 32.2 Å². The molecule has 1 unspecified atom stereocenters. The highest BCUT2D eigenvalue weighted by Gasteiger charge is 2.27. The third-order valence-electron chi connectivity index (χ3n) is 3.71. The van der Waals surface area contributed by atoms with E-state index in [4.69, 9.17) is 0 Å². The van der Waals surface area contributed by atoms with Crippen LogP contribution in [-0.4, -0.2) is 66.2 Å². The lowest BCUT2D eigenvalue weighted by Gasteiger charge is -2.28. The van der Waals surface area contributed by atoms with Crippen molar-refractivity contribution in [3.05, 3.63) is 0 Å². The average molecular weight is 267 g/mol. The fourth-order valence-corrected chi connectivity index (χ4v) is 2.68. The molecule has 0 spiro atoms. The summed E-state index contributed by atoms with van der Waals surface area (Å²) < 4.78 is 0. The zero-order valence-corrected chi connectivity index (χ0v) is 11.4. The standard InChI is InChI=1S/C13H21N3O3/c1-10(17)14-11-2-5-15(8-11)9-13(19)16-6-3-12(18)4-7-16/h11H,2-9H2,1H3,(H,14,17). The van der Waals surface area contributed by atoms with Gasteiger partial charge in [-0.05, 0) is 6.42 Å². The van der Waals surface area contributed by atoms with Crippen LogP contribution in [0, 0.1) is 0 Å². The molecule has 2 aliphatic rings. The molecule has 1 N–H and O–H groups in total. The van der Waals surface area contributed by atoms with Gasteiger partial charge in [-0.2, -0.15) is 0 Å². The lowest BCUT2D eigenvalue weighted by molar-refractivity contribution is -0.135. The van der Waals surface area contributed by atoms with Crippen LogP contribution in [-0.2, 0) is 14.4 Å². The predicted molar refractivity (Wildman–Crippen MR) is 69.5 cm³/mol. The number of nitrogens with one attached hydrogen (secondary N) is 1. The van der Waals surface area contributed by atoms with Crippen molar-refractivity contribution >= 4 is 17.6 Å². The van der Waals surface area contributed by atoms with E-state index in [0.29, 0.717) is 32.5 Å². The first-order chi connectivity index (χ1) is 9.04. The molecule has 0 aromatic carbocycles. The van der Waals surface area contributed by atoms with Crippen molar-refractivity contribution < 1.29 is 14.4 Å². The Morgan fingerprint density at radius 3 is 2.58 bits per heavy atom. The maximum atomic E-state index is 12.1. The van der Waals surface area contributed by atoms with Gasteiger partial charge in [0.1, 0.15) is 5.78 Å². The molecule has 1 atom stereocenters. The summed E-state index contributed by atoms with van der Waals surface area (Å²) in [5, 5.41) is 2.88. The summed E-state index contributed by atoms with van der Waals surface area (Å²) in [5.74, 6) is 0.319. The van der Waals surface area contributed by atoms with Gasteiger partial charge in [0, 0.05) is 52.0 Å². The monoisotopic (exact) mass is 267 g/mol. The molecule has 0 saturated carbocycles.